The highest BCUT2D eigenvalue weighted by Crippen LogP contribution is 2.30. The van der Waals surface area contributed by atoms with E-state index in [-0.39, 0.29) is 5.91 Å². The molecule has 2 heterocycles. The molecule has 1 aromatic rings. The van der Waals surface area contributed by atoms with Gasteiger partial charge in [-0.2, -0.15) is 26.3 Å². The molecule has 0 saturated heterocycles. The van der Waals surface area contributed by atoms with Crippen molar-refractivity contribution in [1.29, 1.82) is 0 Å². The number of rotatable bonds is 6. The van der Waals surface area contributed by atoms with E-state index in [9.17, 15) is 31.1 Å². The van der Waals surface area contributed by atoms with Gasteiger partial charge in [-0.1, -0.05) is 0 Å². The molecule has 0 aromatic carbocycles. The molecule has 0 radical (unpaired) electrons. The highest BCUT2D eigenvalue weighted by Gasteiger charge is 2.39. The molecule has 2 saturated carbocycles. The summed E-state index contributed by atoms with van der Waals surface area (Å²) in [6.07, 6.45) is -3.12. The van der Waals surface area contributed by atoms with Crippen LogP contribution < -0.4 is 10.6 Å². The third kappa shape index (κ3) is 11.1. The molecule has 2 fully saturated rings. The van der Waals surface area contributed by atoms with E-state index >= 15 is 0 Å². The number of carbonyl (C=O) groups excluding carboxylic acids is 1. The van der Waals surface area contributed by atoms with Crippen LogP contribution in [0.15, 0.2) is 6.07 Å². The van der Waals surface area contributed by atoms with E-state index in [0.717, 1.165) is 62.0 Å². The number of hydrogen-bond donors (Lipinski definition) is 4. The summed E-state index contributed by atoms with van der Waals surface area (Å²) in [6.45, 7) is 3.82. The van der Waals surface area contributed by atoms with Gasteiger partial charge in [0.05, 0.1) is 5.56 Å². The first kappa shape index (κ1) is 31.1. The van der Waals surface area contributed by atoms with Crippen molar-refractivity contribution in [2.45, 2.75) is 50.9 Å². The number of amides is 1. The van der Waals surface area contributed by atoms with Crippen molar-refractivity contribution < 1.29 is 50.9 Å². The lowest BCUT2D eigenvalue weighted by Gasteiger charge is -2.15. The van der Waals surface area contributed by atoms with Gasteiger partial charge in [0.25, 0.3) is 5.91 Å². The fraction of sp³-hybridized carbons (Fsp3) is 0.652. The average Bonchev–Trinajstić information content (AvgIpc) is 3.72. The number of alkyl halides is 6. The fourth-order valence-electron chi connectivity index (χ4n) is 3.27. The van der Waals surface area contributed by atoms with Gasteiger partial charge in [-0.15, -0.1) is 0 Å². The van der Waals surface area contributed by atoms with Crippen LogP contribution in [-0.2, 0) is 22.4 Å². The summed E-state index contributed by atoms with van der Waals surface area (Å²) >= 11 is 0. The predicted octanol–water partition coefficient (Wildman–Crippen LogP) is 3.34. The van der Waals surface area contributed by atoms with Crippen LogP contribution in [0.4, 0.5) is 32.2 Å². The summed E-state index contributed by atoms with van der Waals surface area (Å²) in [7, 11) is 2.15. The van der Waals surface area contributed by atoms with Crippen LogP contribution in [-0.4, -0.2) is 83.5 Å². The highest BCUT2D eigenvalue weighted by atomic mass is 19.4. The van der Waals surface area contributed by atoms with Crippen molar-refractivity contribution in [2.24, 2.45) is 11.8 Å². The molecule has 1 amide bonds. The van der Waals surface area contributed by atoms with Gasteiger partial charge in [0.15, 0.2) is 0 Å². The van der Waals surface area contributed by atoms with Crippen molar-refractivity contribution in [3.8, 4) is 0 Å². The minimum absolute atomic E-state index is 0.0353. The molecule has 214 valence electrons. The number of carboxylic acid groups (broad SMARTS) is 2. The number of nitrogens with one attached hydrogen (secondary N) is 2. The Balaban J connectivity index is 0.000000301. The normalized spacial score (nSPS) is 17.4. The van der Waals surface area contributed by atoms with E-state index in [1.165, 1.54) is 31.2 Å². The summed E-state index contributed by atoms with van der Waals surface area (Å²) in [5.41, 5.74) is 3.14. The maximum atomic E-state index is 12.7. The molecule has 0 bridgehead atoms. The Morgan fingerprint density at radius 1 is 0.921 bits per heavy atom. The quantitative estimate of drug-likeness (QED) is 0.393. The number of aromatic nitrogens is 1. The fourth-order valence-corrected chi connectivity index (χ4v) is 3.27. The van der Waals surface area contributed by atoms with Gasteiger partial charge in [0.2, 0.25) is 0 Å². The predicted molar refractivity (Wildman–Crippen MR) is 123 cm³/mol. The van der Waals surface area contributed by atoms with Crippen LogP contribution in [0.5, 0.6) is 0 Å². The number of nitrogens with zero attached hydrogens (tertiary/aromatic N) is 2. The van der Waals surface area contributed by atoms with Gasteiger partial charge in [-0.05, 0) is 62.6 Å². The molecule has 2 aliphatic carbocycles. The number of hydrogen-bond acceptors (Lipinski definition) is 6. The molecule has 0 spiro atoms. The molecular weight excluding hydrogens is 526 g/mol. The first-order valence-corrected chi connectivity index (χ1v) is 11.9. The lowest BCUT2D eigenvalue weighted by Crippen LogP contribution is -2.27. The van der Waals surface area contributed by atoms with Gasteiger partial charge in [0.1, 0.15) is 5.82 Å². The van der Waals surface area contributed by atoms with Crippen molar-refractivity contribution in [3.05, 3.63) is 22.9 Å². The molecule has 1 aromatic heterocycles. The summed E-state index contributed by atoms with van der Waals surface area (Å²) in [4.78, 5) is 37.7. The van der Waals surface area contributed by atoms with E-state index in [4.69, 9.17) is 24.8 Å². The second-order valence-corrected chi connectivity index (χ2v) is 9.38. The second-order valence-electron chi connectivity index (χ2n) is 9.38. The third-order valence-electron chi connectivity index (χ3n) is 5.92. The second kappa shape index (κ2) is 13.1. The lowest BCUT2D eigenvalue weighted by molar-refractivity contribution is -0.193. The molecule has 0 unspecified atom stereocenters. The van der Waals surface area contributed by atoms with Gasteiger partial charge in [-0.3, -0.25) is 4.79 Å². The number of likely N-dealkylation sites (N-methyl/N-ethyl adjacent to an activating group) is 1. The standard InChI is InChI=1S/C19H28N4O.2C2HF3O2/c1-23-8-6-15-10-16(19(24)21-12-14-4-5-14)18(20-11-13-2-3-13)22-17(15)7-9-23;2*3-2(4,5)1(6)7/h10,13-14H,2-9,11-12H2,1H3,(H,20,22)(H,21,24);2*(H,6,7). The van der Waals surface area contributed by atoms with Gasteiger partial charge in [-0.25, -0.2) is 14.6 Å². The number of aliphatic carboxylic acids is 2. The van der Waals surface area contributed by atoms with E-state index in [0.29, 0.717) is 5.92 Å². The minimum Gasteiger partial charge on any atom is -0.475 e. The molecule has 15 heteroatoms. The first-order chi connectivity index (χ1) is 17.6. The molecule has 0 atom stereocenters. The zero-order valence-corrected chi connectivity index (χ0v) is 20.6. The number of carbonyl (C=O) groups is 3. The number of pyridine rings is 1. The summed E-state index contributed by atoms with van der Waals surface area (Å²) in [6, 6.07) is 2.10. The first-order valence-electron chi connectivity index (χ1n) is 11.9. The molecule has 38 heavy (non-hydrogen) atoms. The largest absolute Gasteiger partial charge is 0.490 e. The van der Waals surface area contributed by atoms with Gasteiger partial charge in [0, 0.05) is 38.3 Å². The number of carboxylic acids is 2. The number of halogens is 6. The van der Waals surface area contributed by atoms with Crippen LogP contribution >= 0.6 is 0 Å². The van der Waals surface area contributed by atoms with Crippen LogP contribution in [0.25, 0.3) is 0 Å². The Morgan fingerprint density at radius 3 is 1.87 bits per heavy atom. The van der Waals surface area contributed by atoms with E-state index in [1.807, 2.05) is 0 Å². The van der Waals surface area contributed by atoms with Crippen molar-refractivity contribution in [3.63, 3.8) is 0 Å². The van der Waals surface area contributed by atoms with E-state index < -0.39 is 24.3 Å². The molecule has 4 rings (SSSR count). The monoisotopic (exact) mass is 556 g/mol. The van der Waals surface area contributed by atoms with Crippen LogP contribution in [0.2, 0.25) is 0 Å². The van der Waals surface area contributed by atoms with Crippen molar-refractivity contribution in [1.82, 2.24) is 15.2 Å². The molecular formula is C23H30F6N4O5. The van der Waals surface area contributed by atoms with E-state index in [1.54, 1.807) is 0 Å². The van der Waals surface area contributed by atoms with Gasteiger partial charge >= 0.3 is 24.3 Å². The highest BCUT2D eigenvalue weighted by molar-refractivity contribution is 5.99. The topological polar surface area (TPSA) is 132 Å². The Hall–Kier alpha value is -3.10. The smallest absolute Gasteiger partial charge is 0.475 e. The van der Waals surface area contributed by atoms with Gasteiger partial charge < -0.3 is 25.7 Å². The zero-order valence-electron chi connectivity index (χ0n) is 20.6. The zero-order chi connectivity index (χ0) is 28.7. The summed E-state index contributed by atoms with van der Waals surface area (Å²) in [5, 5.41) is 20.8. The Bertz CT molecular complexity index is 970. The third-order valence-corrected chi connectivity index (χ3v) is 5.92. The minimum atomic E-state index is -5.08. The van der Waals surface area contributed by atoms with Crippen molar-refractivity contribution in [2.75, 3.05) is 38.5 Å². The van der Waals surface area contributed by atoms with E-state index in [2.05, 4.69) is 28.6 Å². The Morgan fingerprint density at radius 2 is 1.39 bits per heavy atom. The summed E-state index contributed by atoms with van der Waals surface area (Å²) < 4.78 is 63.5. The number of anilines is 1. The van der Waals surface area contributed by atoms with Crippen LogP contribution in [0.1, 0.15) is 47.3 Å². The molecule has 3 aliphatic rings. The maximum Gasteiger partial charge on any atom is 0.490 e. The number of fused-ring (bicyclic) bond motifs is 1. The Kier molecular flexibility index (Phi) is 10.7. The van der Waals surface area contributed by atoms with Crippen LogP contribution in [0, 0.1) is 11.8 Å². The lowest BCUT2D eigenvalue weighted by atomic mass is 10.0. The molecule has 4 N–H and O–H groups in total. The summed E-state index contributed by atoms with van der Waals surface area (Å²) in [5.74, 6) is -3.23. The maximum absolute atomic E-state index is 12.7. The van der Waals surface area contributed by atoms with Crippen LogP contribution in [0.3, 0.4) is 0 Å². The molecule has 1 aliphatic heterocycles. The average molecular weight is 557 g/mol. The van der Waals surface area contributed by atoms with Crippen molar-refractivity contribution >= 4 is 23.7 Å². The Labute approximate surface area is 214 Å². The molecule has 9 nitrogen and oxygen atoms in total. The SMILES string of the molecule is CN1CCc2cc(C(=O)NCC3CC3)c(NCC3CC3)nc2CC1.O=C(O)C(F)(F)F.O=C(O)C(F)(F)F.